The zero-order valence-electron chi connectivity index (χ0n) is 9.25. The number of anilines is 1. The molecule has 0 spiro atoms. The predicted octanol–water partition coefficient (Wildman–Crippen LogP) is 3.40. The van der Waals surface area contributed by atoms with Crippen LogP contribution >= 0.6 is 11.6 Å². The Balaban J connectivity index is 2.27. The van der Waals surface area contributed by atoms with Gasteiger partial charge in [0.05, 0.1) is 5.56 Å². The summed E-state index contributed by atoms with van der Waals surface area (Å²) in [5, 5.41) is 2.15. The Hall–Kier alpha value is -2.08. The lowest BCUT2D eigenvalue weighted by molar-refractivity contribution is 0.102. The van der Waals surface area contributed by atoms with E-state index in [9.17, 15) is 18.0 Å². The van der Waals surface area contributed by atoms with E-state index in [1.807, 2.05) is 0 Å². The van der Waals surface area contributed by atoms with Crippen LogP contribution in [0.25, 0.3) is 0 Å². The van der Waals surface area contributed by atoms with Gasteiger partial charge in [0.2, 0.25) is 0 Å². The Labute approximate surface area is 111 Å². The molecular formula is C12H6ClF3N2O. The molecule has 0 saturated heterocycles. The normalized spacial score (nSPS) is 10.3. The van der Waals surface area contributed by atoms with E-state index < -0.39 is 23.4 Å². The monoisotopic (exact) mass is 286 g/mol. The topological polar surface area (TPSA) is 42.0 Å². The van der Waals surface area contributed by atoms with Crippen molar-refractivity contribution >= 4 is 23.2 Å². The van der Waals surface area contributed by atoms with Crippen LogP contribution in [0.1, 0.15) is 10.4 Å². The summed E-state index contributed by atoms with van der Waals surface area (Å²) < 4.78 is 38.7. The lowest BCUT2D eigenvalue weighted by atomic mass is 10.2. The minimum atomic E-state index is -1.60. The summed E-state index contributed by atoms with van der Waals surface area (Å²) in [5.74, 6) is -5.10. The third-order valence-corrected chi connectivity index (χ3v) is 2.55. The molecule has 7 heteroatoms. The number of hydrogen-bond donors (Lipinski definition) is 1. The van der Waals surface area contributed by atoms with Crippen molar-refractivity contribution in [2.75, 3.05) is 5.32 Å². The third-order valence-electron chi connectivity index (χ3n) is 2.25. The average Bonchev–Trinajstić information content (AvgIpc) is 2.36. The van der Waals surface area contributed by atoms with Gasteiger partial charge in [-0.25, -0.2) is 18.2 Å². The molecule has 0 radical (unpaired) electrons. The third kappa shape index (κ3) is 2.85. The highest BCUT2D eigenvalue weighted by atomic mass is 35.5. The molecule has 3 nitrogen and oxygen atoms in total. The smallest absolute Gasteiger partial charge is 0.258 e. The number of nitrogens with zero attached hydrogens (tertiary/aromatic N) is 1. The van der Waals surface area contributed by atoms with Crippen LogP contribution in [-0.2, 0) is 0 Å². The van der Waals surface area contributed by atoms with Gasteiger partial charge in [0.25, 0.3) is 5.91 Å². The summed E-state index contributed by atoms with van der Waals surface area (Å²) in [5.41, 5.74) is -0.185. The molecule has 2 aromatic rings. The second kappa shape index (κ2) is 5.27. The zero-order chi connectivity index (χ0) is 14.0. The molecule has 1 aromatic carbocycles. The fraction of sp³-hybridized carbons (Fsp3) is 0. The Morgan fingerprint density at radius 3 is 2.42 bits per heavy atom. The number of benzene rings is 1. The number of nitrogens with one attached hydrogen (secondary N) is 1. The number of rotatable bonds is 2. The van der Waals surface area contributed by atoms with Gasteiger partial charge < -0.3 is 5.32 Å². The first-order valence-corrected chi connectivity index (χ1v) is 5.43. The number of pyridine rings is 1. The molecular weight excluding hydrogens is 281 g/mol. The molecule has 1 amide bonds. The van der Waals surface area contributed by atoms with Gasteiger partial charge in [0, 0.05) is 24.0 Å². The first-order chi connectivity index (χ1) is 8.99. The molecule has 0 saturated carbocycles. The Kier molecular flexibility index (Phi) is 3.71. The van der Waals surface area contributed by atoms with Crippen LogP contribution in [0.2, 0.25) is 5.15 Å². The fourth-order valence-electron chi connectivity index (χ4n) is 1.38. The summed E-state index contributed by atoms with van der Waals surface area (Å²) in [4.78, 5) is 15.5. The largest absolute Gasteiger partial charge is 0.322 e. The van der Waals surface area contributed by atoms with Gasteiger partial charge in [-0.2, -0.15) is 0 Å². The van der Waals surface area contributed by atoms with Gasteiger partial charge in [-0.05, 0) is 12.1 Å². The van der Waals surface area contributed by atoms with E-state index in [2.05, 4.69) is 10.3 Å². The summed E-state index contributed by atoms with van der Waals surface area (Å²) in [6, 6.07) is 4.20. The standard InChI is InChI=1S/C12H6ClF3N2O/c13-11-7(2-1-3-17-11)12(19)18-6-4-8(14)10(16)9(15)5-6/h1-5H,(H,18,19). The van der Waals surface area contributed by atoms with E-state index in [1.165, 1.54) is 18.3 Å². The molecule has 1 aromatic heterocycles. The van der Waals surface area contributed by atoms with Crippen molar-refractivity contribution < 1.29 is 18.0 Å². The molecule has 0 aliphatic rings. The number of hydrogen-bond acceptors (Lipinski definition) is 2. The summed E-state index contributed by atoms with van der Waals surface area (Å²) in [6.45, 7) is 0. The van der Waals surface area contributed by atoms with Crippen LogP contribution < -0.4 is 5.32 Å². The van der Waals surface area contributed by atoms with Crippen LogP contribution in [0.15, 0.2) is 30.5 Å². The predicted molar refractivity (Wildman–Crippen MR) is 63.5 cm³/mol. The maximum atomic E-state index is 13.0. The minimum Gasteiger partial charge on any atom is -0.322 e. The number of carbonyl (C=O) groups is 1. The Morgan fingerprint density at radius 1 is 1.21 bits per heavy atom. The van der Waals surface area contributed by atoms with Crippen molar-refractivity contribution in [1.82, 2.24) is 4.98 Å². The van der Waals surface area contributed by atoms with Crippen molar-refractivity contribution in [3.63, 3.8) is 0 Å². The van der Waals surface area contributed by atoms with Crippen LogP contribution in [0.4, 0.5) is 18.9 Å². The average molecular weight is 287 g/mol. The molecule has 2 rings (SSSR count). The highest BCUT2D eigenvalue weighted by Crippen LogP contribution is 2.19. The zero-order valence-corrected chi connectivity index (χ0v) is 10.0. The van der Waals surface area contributed by atoms with E-state index in [1.54, 1.807) is 0 Å². The van der Waals surface area contributed by atoms with Gasteiger partial charge in [-0.3, -0.25) is 4.79 Å². The molecule has 0 aliphatic carbocycles. The van der Waals surface area contributed by atoms with E-state index in [4.69, 9.17) is 11.6 Å². The van der Waals surface area contributed by atoms with Crippen molar-refractivity contribution in [2.45, 2.75) is 0 Å². The molecule has 0 atom stereocenters. The second-order valence-electron chi connectivity index (χ2n) is 3.55. The highest BCUT2D eigenvalue weighted by molar-refractivity contribution is 6.33. The SMILES string of the molecule is O=C(Nc1cc(F)c(F)c(F)c1)c1cccnc1Cl. The molecule has 1 N–H and O–H groups in total. The molecule has 0 bridgehead atoms. The van der Waals surface area contributed by atoms with Gasteiger partial charge in [-0.15, -0.1) is 0 Å². The molecule has 1 heterocycles. The summed E-state index contributed by atoms with van der Waals surface area (Å²) in [7, 11) is 0. The Morgan fingerprint density at radius 2 is 1.84 bits per heavy atom. The first kappa shape index (κ1) is 13.4. The van der Waals surface area contributed by atoms with Crippen LogP contribution in [0.5, 0.6) is 0 Å². The van der Waals surface area contributed by atoms with Crippen molar-refractivity contribution in [1.29, 1.82) is 0 Å². The van der Waals surface area contributed by atoms with E-state index in [0.717, 1.165) is 0 Å². The molecule has 0 fully saturated rings. The first-order valence-electron chi connectivity index (χ1n) is 5.05. The van der Waals surface area contributed by atoms with Crippen molar-refractivity contribution in [3.05, 3.63) is 58.6 Å². The van der Waals surface area contributed by atoms with Gasteiger partial charge in [0.15, 0.2) is 17.5 Å². The summed E-state index contributed by atoms with van der Waals surface area (Å²) >= 11 is 5.69. The lowest BCUT2D eigenvalue weighted by Crippen LogP contribution is -2.13. The van der Waals surface area contributed by atoms with Gasteiger partial charge in [-0.1, -0.05) is 11.6 Å². The minimum absolute atomic E-state index is 0.0364. The van der Waals surface area contributed by atoms with Crippen molar-refractivity contribution in [3.8, 4) is 0 Å². The Bertz CT molecular complexity index is 626. The number of carbonyl (C=O) groups excluding carboxylic acids is 1. The van der Waals surface area contributed by atoms with E-state index in [-0.39, 0.29) is 16.4 Å². The number of halogens is 4. The molecule has 98 valence electrons. The van der Waals surface area contributed by atoms with Crippen LogP contribution in [0.3, 0.4) is 0 Å². The number of aromatic nitrogens is 1. The molecule has 19 heavy (non-hydrogen) atoms. The maximum absolute atomic E-state index is 13.0. The molecule has 0 unspecified atom stereocenters. The lowest BCUT2D eigenvalue weighted by Gasteiger charge is -2.07. The quantitative estimate of drug-likeness (QED) is 0.679. The van der Waals surface area contributed by atoms with Crippen molar-refractivity contribution in [2.24, 2.45) is 0 Å². The van der Waals surface area contributed by atoms with Crippen LogP contribution in [-0.4, -0.2) is 10.9 Å². The van der Waals surface area contributed by atoms with Gasteiger partial charge in [0.1, 0.15) is 5.15 Å². The van der Waals surface area contributed by atoms with E-state index in [0.29, 0.717) is 12.1 Å². The maximum Gasteiger partial charge on any atom is 0.258 e. The van der Waals surface area contributed by atoms with Crippen LogP contribution in [0, 0.1) is 17.5 Å². The number of amides is 1. The fourth-order valence-corrected chi connectivity index (χ4v) is 1.59. The highest BCUT2D eigenvalue weighted by Gasteiger charge is 2.14. The summed E-state index contributed by atoms with van der Waals surface area (Å²) in [6.07, 6.45) is 1.39. The second-order valence-corrected chi connectivity index (χ2v) is 3.91. The van der Waals surface area contributed by atoms with E-state index >= 15 is 0 Å². The molecule has 0 aliphatic heterocycles. The van der Waals surface area contributed by atoms with Gasteiger partial charge >= 0.3 is 0 Å².